The number of hydrogen-bond donors (Lipinski definition) is 1. The Hall–Kier alpha value is -3.91. The molecule has 1 atom stereocenters. The minimum absolute atomic E-state index is 0.0529. The van der Waals surface area contributed by atoms with Crippen molar-refractivity contribution in [3.63, 3.8) is 0 Å². The van der Waals surface area contributed by atoms with Gasteiger partial charge < -0.3 is 19.1 Å². The van der Waals surface area contributed by atoms with Crippen molar-refractivity contribution in [2.45, 2.75) is 32.5 Å². The van der Waals surface area contributed by atoms with E-state index in [2.05, 4.69) is 4.98 Å². The zero-order valence-corrected chi connectivity index (χ0v) is 20.0. The predicted molar refractivity (Wildman–Crippen MR) is 135 cm³/mol. The van der Waals surface area contributed by atoms with E-state index in [1.807, 2.05) is 62.4 Å². The van der Waals surface area contributed by atoms with E-state index >= 15 is 0 Å². The first-order valence-electron chi connectivity index (χ1n) is 11.5. The molecule has 0 radical (unpaired) electrons. The summed E-state index contributed by atoms with van der Waals surface area (Å²) in [6, 6.07) is 16.3. The molecule has 35 heavy (non-hydrogen) atoms. The van der Waals surface area contributed by atoms with E-state index in [0.29, 0.717) is 11.1 Å². The number of ether oxygens (including phenoxy) is 2. The molecule has 0 saturated heterocycles. The average molecular weight is 476 g/mol. The summed E-state index contributed by atoms with van der Waals surface area (Å²) < 4.78 is 13.4. The Kier molecular flexibility index (Phi) is 7.31. The van der Waals surface area contributed by atoms with Gasteiger partial charge in [-0.25, -0.2) is 4.79 Å². The third-order valence-electron chi connectivity index (χ3n) is 5.92. The normalized spacial score (nSPS) is 12.2. The molecule has 4 aromatic rings. The number of fused-ring (bicyclic) bond motifs is 3. The quantitative estimate of drug-likeness (QED) is 0.360. The summed E-state index contributed by atoms with van der Waals surface area (Å²) in [6.07, 6.45) is 2.14. The van der Waals surface area contributed by atoms with Crippen molar-refractivity contribution < 1.29 is 19.4 Å². The zero-order chi connectivity index (χ0) is 24.9. The van der Waals surface area contributed by atoms with Gasteiger partial charge >= 0.3 is 6.09 Å². The fraction of sp³-hybridized carbons (Fsp3) is 0.296. The highest BCUT2D eigenvalue weighted by Gasteiger charge is 2.25. The Morgan fingerprint density at radius 3 is 2.54 bits per heavy atom. The predicted octanol–water partition coefficient (Wildman–Crippen LogP) is 4.44. The Balaban J connectivity index is 1.61. The molecule has 0 aliphatic carbocycles. The molecule has 0 aliphatic rings. The average Bonchev–Trinajstić information content (AvgIpc) is 2.86. The maximum absolute atomic E-state index is 12.8. The first kappa shape index (κ1) is 24.2. The maximum atomic E-state index is 12.8. The maximum Gasteiger partial charge on any atom is 0.408 e. The van der Waals surface area contributed by atoms with Gasteiger partial charge in [-0.2, -0.15) is 0 Å². The van der Waals surface area contributed by atoms with Crippen molar-refractivity contribution in [2.75, 3.05) is 13.2 Å². The van der Waals surface area contributed by atoms with Crippen LogP contribution in [-0.2, 0) is 18.3 Å². The molecule has 0 aliphatic heterocycles. The van der Waals surface area contributed by atoms with Gasteiger partial charge in [0, 0.05) is 37.4 Å². The summed E-state index contributed by atoms with van der Waals surface area (Å²) in [4.78, 5) is 30.4. The van der Waals surface area contributed by atoms with E-state index < -0.39 is 12.1 Å². The van der Waals surface area contributed by atoms with Crippen molar-refractivity contribution in [1.82, 2.24) is 14.5 Å². The molecule has 1 N–H and O–H groups in total. The van der Waals surface area contributed by atoms with Crippen molar-refractivity contribution in [1.29, 1.82) is 0 Å². The van der Waals surface area contributed by atoms with Crippen molar-refractivity contribution >= 4 is 27.8 Å². The fourth-order valence-corrected chi connectivity index (χ4v) is 4.05. The molecule has 4 rings (SSSR count). The molecule has 0 saturated carbocycles. The van der Waals surface area contributed by atoms with E-state index in [1.54, 1.807) is 30.1 Å². The molecule has 1 amide bonds. The Morgan fingerprint density at radius 2 is 1.83 bits per heavy atom. The molecule has 8 heteroatoms. The van der Waals surface area contributed by atoms with Crippen molar-refractivity contribution in [3.05, 3.63) is 82.9 Å². The van der Waals surface area contributed by atoms with E-state index in [4.69, 9.17) is 9.47 Å². The molecule has 0 unspecified atom stereocenters. The van der Waals surface area contributed by atoms with E-state index in [9.17, 15) is 14.7 Å². The zero-order valence-electron chi connectivity index (χ0n) is 20.0. The molecule has 182 valence electrons. The number of amides is 1. The monoisotopic (exact) mass is 475 g/mol. The van der Waals surface area contributed by atoms with Gasteiger partial charge in [-0.05, 0) is 43.0 Å². The van der Waals surface area contributed by atoms with Crippen LogP contribution in [0, 0.1) is 0 Å². The fourth-order valence-electron chi connectivity index (χ4n) is 4.05. The minimum atomic E-state index is -1.05. The van der Waals surface area contributed by atoms with Crippen LogP contribution in [0.4, 0.5) is 4.79 Å². The van der Waals surface area contributed by atoms with Crippen LogP contribution in [-0.4, -0.2) is 51.0 Å². The van der Waals surface area contributed by atoms with Crippen LogP contribution in [0.1, 0.15) is 19.4 Å². The van der Waals surface area contributed by atoms with E-state index in [0.717, 1.165) is 21.9 Å². The topological polar surface area (TPSA) is 93.9 Å². The Bertz CT molecular complexity index is 1380. The number of aryl methyl sites for hydroxylation is 1. The third kappa shape index (κ3) is 5.44. The van der Waals surface area contributed by atoms with Crippen LogP contribution in [0.25, 0.3) is 21.7 Å². The van der Waals surface area contributed by atoms with Gasteiger partial charge in [0.25, 0.3) is 5.56 Å². The molecule has 2 aromatic carbocycles. The van der Waals surface area contributed by atoms with E-state index in [1.165, 1.54) is 4.90 Å². The molecule has 0 bridgehead atoms. The molecular weight excluding hydrogens is 446 g/mol. The number of hydrogen-bond acceptors (Lipinski definition) is 5. The highest BCUT2D eigenvalue weighted by Crippen LogP contribution is 2.26. The number of rotatable bonds is 9. The first-order valence-corrected chi connectivity index (χ1v) is 11.5. The second kappa shape index (κ2) is 10.6. The standard InChI is InChI=1S/C27H29N3O5/c1-18(2)34-16-20(30(27(32)33)15-19-7-5-4-6-8-19)17-35-21-9-10-23-22-11-12-28-14-24(22)26(31)29(3)25(23)13-21/h4-14,18,20H,15-17H2,1-3H3,(H,32,33)/t20-/m0/s1. The van der Waals surface area contributed by atoms with Crippen molar-refractivity contribution in [2.24, 2.45) is 7.05 Å². The lowest BCUT2D eigenvalue weighted by atomic mass is 10.1. The first-order chi connectivity index (χ1) is 16.8. The van der Waals surface area contributed by atoms with Crippen molar-refractivity contribution in [3.8, 4) is 5.75 Å². The third-order valence-corrected chi connectivity index (χ3v) is 5.92. The second-order valence-electron chi connectivity index (χ2n) is 8.71. The van der Waals surface area contributed by atoms with Crippen LogP contribution in [0.3, 0.4) is 0 Å². The summed E-state index contributed by atoms with van der Waals surface area (Å²) in [7, 11) is 1.71. The summed E-state index contributed by atoms with van der Waals surface area (Å²) >= 11 is 0. The lowest BCUT2D eigenvalue weighted by Gasteiger charge is -2.30. The van der Waals surface area contributed by atoms with Crippen LogP contribution in [0.5, 0.6) is 5.75 Å². The van der Waals surface area contributed by atoms with Crippen LogP contribution < -0.4 is 10.3 Å². The van der Waals surface area contributed by atoms with Gasteiger partial charge in [-0.1, -0.05) is 30.3 Å². The minimum Gasteiger partial charge on any atom is -0.491 e. The number of nitrogens with zero attached hydrogens (tertiary/aromatic N) is 3. The SMILES string of the molecule is CC(C)OC[C@@H](COc1ccc2c3ccncc3c(=O)n(C)c2c1)N(Cc1ccccc1)C(=O)O. The molecular formula is C27H29N3O5. The Morgan fingerprint density at radius 1 is 1.06 bits per heavy atom. The number of pyridine rings is 2. The summed E-state index contributed by atoms with van der Waals surface area (Å²) in [5.41, 5.74) is 1.47. The summed E-state index contributed by atoms with van der Waals surface area (Å²) in [5.74, 6) is 0.542. The summed E-state index contributed by atoms with van der Waals surface area (Å²) in [5, 5.41) is 12.2. The van der Waals surface area contributed by atoms with Gasteiger partial charge in [0.1, 0.15) is 12.4 Å². The lowest BCUT2D eigenvalue weighted by Crippen LogP contribution is -2.45. The van der Waals surface area contributed by atoms with E-state index in [-0.39, 0.29) is 31.4 Å². The van der Waals surface area contributed by atoms with Gasteiger partial charge in [0.15, 0.2) is 0 Å². The number of carboxylic acid groups (broad SMARTS) is 1. The molecule has 2 aromatic heterocycles. The number of carbonyl (C=O) groups is 1. The molecule has 8 nitrogen and oxygen atoms in total. The second-order valence-corrected chi connectivity index (χ2v) is 8.71. The van der Waals surface area contributed by atoms with Crippen LogP contribution in [0.15, 0.2) is 71.8 Å². The van der Waals surface area contributed by atoms with Gasteiger partial charge in [0.05, 0.1) is 29.7 Å². The van der Waals surface area contributed by atoms with Crippen LogP contribution in [0.2, 0.25) is 0 Å². The number of aromatic nitrogens is 2. The summed E-state index contributed by atoms with van der Waals surface area (Å²) in [6.45, 7) is 4.33. The smallest absolute Gasteiger partial charge is 0.408 e. The highest BCUT2D eigenvalue weighted by molar-refractivity contribution is 6.05. The molecule has 0 fully saturated rings. The Labute approximate surface area is 203 Å². The molecule has 0 spiro atoms. The molecule has 2 heterocycles. The number of benzene rings is 2. The largest absolute Gasteiger partial charge is 0.491 e. The van der Waals surface area contributed by atoms with Gasteiger partial charge in [-0.3, -0.25) is 14.7 Å². The lowest BCUT2D eigenvalue weighted by molar-refractivity contribution is 0.00947. The van der Waals surface area contributed by atoms with Crippen LogP contribution >= 0.6 is 0 Å². The van der Waals surface area contributed by atoms with Gasteiger partial charge in [0.2, 0.25) is 0 Å². The van der Waals surface area contributed by atoms with Gasteiger partial charge in [-0.15, -0.1) is 0 Å². The highest BCUT2D eigenvalue weighted by atomic mass is 16.5.